The molecule has 1 rings (SSSR count). The van der Waals surface area contributed by atoms with Gasteiger partial charge in [-0.05, 0) is 13.0 Å². The molecule has 3 N–H and O–H groups in total. The molecule has 0 bridgehead atoms. The monoisotopic (exact) mass is 199 g/mol. The Bertz CT molecular complexity index is 184. The molecule has 0 aliphatic carbocycles. The number of hydrogen-bond acceptors (Lipinski definition) is 3. The molecule has 4 nitrogen and oxygen atoms in total. The molecule has 1 atom stereocenters. The lowest BCUT2D eigenvalue weighted by Gasteiger charge is -2.35. The van der Waals surface area contributed by atoms with Crippen molar-refractivity contribution in [2.24, 2.45) is 5.73 Å². The fourth-order valence-electron chi connectivity index (χ4n) is 1.89. The Labute approximate surface area is 85.8 Å². The maximum atomic E-state index is 10.9. The lowest BCUT2D eigenvalue weighted by atomic mass is 10.1. The van der Waals surface area contributed by atoms with Crippen LogP contribution in [0.25, 0.3) is 0 Å². The molecule has 82 valence electrons. The Morgan fingerprint density at radius 2 is 2.43 bits per heavy atom. The summed E-state index contributed by atoms with van der Waals surface area (Å²) < 4.78 is 0. The molecule has 1 saturated heterocycles. The molecule has 1 fully saturated rings. The van der Waals surface area contributed by atoms with E-state index in [0.29, 0.717) is 12.5 Å². The van der Waals surface area contributed by atoms with E-state index in [9.17, 15) is 4.79 Å². The van der Waals surface area contributed by atoms with Gasteiger partial charge in [-0.25, -0.2) is 0 Å². The van der Waals surface area contributed by atoms with Crippen molar-refractivity contribution in [3.63, 3.8) is 0 Å². The second kappa shape index (κ2) is 5.98. The van der Waals surface area contributed by atoms with Crippen molar-refractivity contribution in [3.8, 4) is 0 Å². The summed E-state index contributed by atoms with van der Waals surface area (Å²) in [6.07, 6.45) is 2.89. The molecule has 1 aliphatic heterocycles. The van der Waals surface area contributed by atoms with E-state index in [-0.39, 0.29) is 5.91 Å². The third-order valence-corrected chi connectivity index (χ3v) is 2.71. The van der Waals surface area contributed by atoms with Crippen LogP contribution in [0.1, 0.15) is 26.2 Å². The highest BCUT2D eigenvalue weighted by Gasteiger charge is 2.22. The predicted molar refractivity (Wildman–Crippen MR) is 57.0 cm³/mol. The van der Waals surface area contributed by atoms with Crippen LogP contribution < -0.4 is 11.1 Å². The number of carbonyl (C=O) groups excluding carboxylic acids is 1. The predicted octanol–water partition coefficient (Wildman–Crippen LogP) is -0.0643. The first kappa shape index (κ1) is 11.5. The number of hydrogen-bond donors (Lipinski definition) is 2. The Morgan fingerprint density at radius 3 is 3.07 bits per heavy atom. The fourth-order valence-corrected chi connectivity index (χ4v) is 1.89. The summed E-state index contributed by atoms with van der Waals surface area (Å²) >= 11 is 0. The summed E-state index contributed by atoms with van der Waals surface area (Å²) in [5.74, 6) is -0.194. The fraction of sp³-hybridized carbons (Fsp3) is 0.900. The number of primary amides is 1. The molecular weight excluding hydrogens is 178 g/mol. The lowest BCUT2D eigenvalue weighted by molar-refractivity contribution is -0.119. The average Bonchev–Trinajstić information content (AvgIpc) is 2.16. The van der Waals surface area contributed by atoms with E-state index in [1.807, 2.05) is 0 Å². The van der Waals surface area contributed by atoms with Gasteiger partial charge in [0, 0.05) is 32.1 Å². The van der Waals surface area contributed by atoms with E-state index in [4.69, 9.17) is 5.73 Å². The maximum absolute atomic E-state index is 10.9. The van der Waals surface area contributed by atoms with Gasteiger partial charge < -0.3 is 11.1 Å². The smallest absolute Gasteiger partial charge is 0.219 e. The molecule has 14 heavy (non-hydrogen) atoms. The highest BCUT2D eigenvalue weighted by molar-refractivity contribution is 5.74. The van der Waals surface area contributed by atoms with Crippen LogP contribution in [0, 0.1) is 0 Å². The van der Waals surface area contributed by atoms with Gasteiger partial charge in [0.05, 0.1) is 0 Å². The van der Waals surface area contributed by atoms with Gasteiger partial charge in [-0.1, -0.05) is 13.3 Å². The highest BCUT2D eigenvalue weighted by atomic mass is 16.1. The quantitative estimate of drug-likeness (QED) is 0.652. The largest absolute Gasteiger partial charge is 0.370 e. The molecule has 1 heterocycles. The molecule has 1 unspecified atom stereocenters. The maximum Gasteiger partial charge on any atom is 0.219 e. The third-order valence-electron chi connectivity index (χ3n) is 2.71. The zero-order valence-electron chi connectivity index (χ0n) is 8.96. The van der Waals surface area contributed by atoms with E-state index < -0.39 is 0 Å². The van der Waals surface area contributed by atoms with E-state index in [0.717, 1.165) is 26.2 Å². The van der Waals surface area contributed by atoms with Crippen molar-refractivity contribution < 1.29 is 4.79 Å². The Kier molecular flexibility index (Phi) is 4.90. The van der Waals surface area contributed by atoms with Crippen LogP contribution in [0.2, 0.25) is 0 Å². The van der Waals surface area contributed by atoms with Crippen LogP contribution in [-0.4, -0.2) is 43.0 Å². The van der Waals surface area contributed by atoms with Crippen LogP contribution in [0.15, 0.2) is 0 Å². The molecule has 0 spiro atoms. The van der Waals surface area contributed by atoms with E-state index >= 15 is 0 Å². The third kappa shape index (κ3) is 3.64. The van der Waals surface area contributed by atoms with Crippen LogP contribution in [0.3, 0.4) is 0 Å². The summed E-state index contributed by atoms with van der Waals surface area (Å²) in [6, 6.07) is 0.313. The summed E-state index contributed by atoms with van der Waals surface area (Å²) in [4.78, 5) is 13.2. The van der Waals surface area contributed by atoms with Gasteiger partial charge in [0.15, 0.2) is 0 Å². The summed E-state index contributed by atoms with van der Waals surface area (Å²) in [7, 11) is 0. The van der Waals surface area contributed by atoms with Gasteiger partial charge in [0.25, 0.3) is 0 Å². The van der Waals surface area contributed by atoms with Gasteiger partial charge >= 0.3 is 0 Å². The van der Waals surface area contributed by atoms with Crippen molar-refractivity contribution in [3.05, 3.63) is 0 Å². The Balaban J connectivity index is 2.37. The molecule has 4 heteroatoms. The number of piperazine rings is 1. The Morgan fingerprint density at radius 1 is 1.64 bits per heavy atom. The van der Waals surface area contributed by atoms with Crippen molar-refractivity contribution >= 4 is 5.91 Å². The van der Waals surface area contributed by atoms with E-state index in [1.54, 1.807) is 0 Å². The number of nitrogens with one attached hydrogen (secondary N) is 1. The highest BCUT2D eigenvalue weighted by Crippen LogP contribution is 2.08. The van der Waals surface area contributed by atoms with Crippen molar-refractivity contribution in [2.45, 2.75) is 32.2 Å². The first-order chi connectivity index (χ1) is 6.74. The summed E-state index contributed by atoms with van der Waals surface area (Å²) in [5.41, 5.74) is 5.22. The molecule has 0 aromatic carbocycles. The summed E-state index contributed by atoms with van der Waals surface area (Å²) in [6.45, 7) is 6.24. The normalized spacial score (nSPS) is 23.6. The van der Waals surface area contributed by atoms with Crippen LogP contribution in [0.5, 0.6) is 0 Å². The molecule has 0 aromatic rings. The number of nitrogens with zero attached hydrogens (tertiary/aromatic N) is 1. The second-order valence-corrected chi connectivity index (χ2v) is 3.92. The van der Waals surface area contributed by atoms with Crippen molar-refractivity contribution in [2.75, 3.05) is 26.2 Å². The first-order valence-corrected chi connectivity index (χ1v) is 5.47. The number of nitrogens with two attached hydrogens (primary N) is 1. The Hall–Kier alpha value is -0.610. The van der Waals surface area contributed by atoms with E-state index in [2.05, 4.69) is 17.1 Å². The number of amides is 1. The standard InChI is InChI=1S/C10H21N3O/c1-2-3-5-13-6-4-12-8-9(13)7-10(11)14/h9,12H,2-8H2,1H3,(H2,11,14). The zero-order chi connectivity index (χ0) is 10.4. The minimum Gasteiger partial charge on any atom is -0.370 e. The molecule has 0 radical (unpaired) electrons. The van der Waals surface area contributed by atoms with Crippen LogP contribution >= 0.6 is 0 Å². The van der Waals surface area contributed by atoms with Gasteiger partial charge in [-0.15, -0.1) is 0 Å². The molecular formula is C10H21N3O. The topological polar surface area (TPSA) is 58.4 Å². The van der Waals surface area contributed by atoms with Crippen LogP contribution in [0.4, 0.5) is 0 Å². The number of rotatable bonds is 5. The second-order valence-electron chi connectivity index (χ2n) is 3.92. The van der Waals surface area contributed by atoms with Gasteiger partial charge in [0.1, 0.15) is 0 Å². The van der Waals surface area contributed by atoms with Gasteiger partial charge in [-0.3, -0.25) is 9.69 Å². The van der Waals surface area contributed by atoms with Crippen molar-refractivity contribution in [1.82, 2.24) is 10.2 Å². The van der Waals surface area contributed by atoms with Gasteiger partial charge in [0.2, 0.25) is 5.91 Å². The molecule has 0 aromatic heterocycles. The van der Waals surface area contributed by atoms with E-state index in [1.165, 1.54) is 12.8 Å². The molecule has 0 saturated carbocycles. The number of carbonyl (C=O) groups is 1. The lowest BCUT2D eigenvalue weighted by Crippen LogP contribution is -2.52. The summed E-state index contributed by atoms with van der Waals surface area (Å²) in [5, 5.41) is 3.30. The van der Waals surface area contributed by atoms with Crippen molar-refractivity contribution in [1.29, 1.82) is 0 Å². The minimum absolute atomic E-state index is 0.194. The zero-order valence-corrected chi connectivity index (χ0v) is 8.96. The first-order valence-electron chi connectivity index (χ1n) is 5.47. The molecule has 1 aliphatic rings. The minimum atomic E-state index is -0.194. The van der Waals surface area contributed by atoms with Crippen LogP contribution in [-0.2, 0) is 4.79 Å². The average molecular weight is 199 g/mol. The number of unbranched alkanes of at least 4 members (excludes halogenated alkanes) is 1. The molecule has 1 amide bonds. The SMILES string of the molecule is CCCCN1CCNCC1CC(N)=O. The van der Waals surface area contributed by atoms with Gasteiger partial charge in [-0.2, -0.15) is 0 Å².